The number of hydrogen-bond donors (Lipinski definition) is 0. The molecule has 0 spiro atoms. The predicted molar refractivity (Wildman–Crippen MR) is 126 cm³/mol. The third-order valence-electron chi connectivity index (χ3n) is 6.32. The first-order valence-corrected chi connectivity index (χ1v) is 13.0. The Morgan fingerprint density at radius 3 is 1.36 bits per heavy atom. The number of hydrogen-bond acceptors (Lipinski definition) is 2. The molecule has 0 aromatic rings. The summed E-state index contributed by atoms with van der Waals surface area (Å²) in [6.45, 7) is 9.41. The first-order chi connectivity index (χ1) is 13.8. The molecule has 0 fully saturated rings. The summed E-state index contributed by atoms with van der Waals surface area (Å²) in [7, 11) is 0. The highest BCUT2D eigenvalue weighted by atomic mass is 15.4. The molecule has 0 saturated carbocycles. The number of unbranched alkanes of at least 4 members (excludes halogenated alkanes) is 14. The van der Waals surface area contributed by atoms with Gasteiger partial charge in [0.15, 0.2) is 0 Å². The zero-order valence-corrected chi connectivity index (χ0v) is 19.8. The van der Waals surface area contributed by atoms with E-state index < -0.39 is 0 Å². The summed E-state index contributed by atoms with van der Waals surface area (Å²) in [5.41, 5.74) is 0. The van der Waals surface area contributed by atoms with Gasteiger partial charge in [0.2, 0.25) is 0 Å². The van der Waals surface area contributed by atoms with E-state index in [0.29, 0.717) is 6.17 Å². The molecule has 0 N–H and O–H groups in total. The van der Waals surface area contributed by atoms with Crippen LogP contribution in [0.5, 0.6) is 0 Å². The Hall–Kier alpha value is -0.660. The topological polar surface area (TPSA) is 6.48 Å². The van der Waals surface area contributed by atoms with Crippen LogP contribution in [0, 0.1) is 0 Å². The van der Waals surface area contributed by atoms with Crippen molar-refractivity contribution >= 4 is 0 Å². The Bertz CT molecular complexity index is 352. The maximum atomic E-state index is 2.66. The first-order valence-electron chi connectivity index (χ1n) is 13.0. The summed E-state index contributed by atoms with van der Waals surface area (Å²) in [6, 6.07) is 0. The minimum atomic E-state index is 0.645. The quantitative estimate of drug-likeness (QED) is 0.192. The van der Waals surface area contributed by atoms with Gasteiger partial charge in [0.1, 0.15) is 6.17 Å². The molecule has 166 valence electrons. The van der Waals surface area contributed by atoms with Gasteiger partial charge in [-0.3, -0.25) is 0 Å². The smallest absolute Gasteiger partial charge is 0.101 e. The molecule has 0 aromatic heterocycles. The molecule has 0 radical (unpaired) electrons. The molecule has 1 aliphatic rings. The van der Waals surface area contributed by atoms with E-state index in [1.54, 1.807) is 0 Å². The Morgan fingerprint density at radius 1 is 0.464 bits per heavy atom. The fourth-order valence-electron chi connectivity index (χ4n) is 4.39. The van der Waals surface area contributed by atoms with Gasteiger partial charge in [0.25, 0.3) is 0 Å². The molecule has 0 aromatic carbocycles. The monoisotopic (exact) mass is 392 g/mol. The van der Waals surface area contributed by atoms with Crippen molar-refractivity contribution in [2.45, 2.75) is 143 Å². The van der Waals surface area contributed by atoms with Crippen molar-refractivity contribution in [1.82, 2.24) is 9.80 Å². The predicted octanol–water partition coefficient (Wildman–Crippen LogP) is 8.48. The van der Waals surface area contributed by atoms with E-state index in [1.807, 2.05) is 0 Å². The molecular formula is C26H52N2. The number of nitrogens with zero attached hydrogens (tertiary/aromatic N) is 2. The second kappa shape index (κ2) is 18.4. The number of rotatable bonds is 20. The highest BCUT2D eigenvalue weighted by molar-refractivity contribution is 4.96. The highest BCUT2D eigenvalue weighted by Crippen LogP contribution is 2.23. The van der Waals surface area contributed by atoms with Gasteiger partial charge in [-0.1, -0.05) is 111 Å². The van der Waals surface area contributed by atoms with Crippen LogP contribution < -0.4 is 0 Å². The molecule has 0 aliphatic carbocycles. The van der Waals surface area contributed by atoms with Crippen LogP contribution >= 0.6 is 0 Å². The van der Waals surface area contributed by atoms with Gasteiger partial charge in [0.05, 0.1) is 0 Å². The van der Waals surface area contributed by atoms with Crippen LogP contribution in [-0.4, -0.2) is 29.1 Å². The van der Waals surface area contributed by atoms with Crippen LogP contribution in [0.15, 0.2) is 12.4 Å². The van der Waals surface area contributed by atoms with E-state index in [4.69, 9.17) is 0 Å². The summed E-state index contributed by atoms with van der Waals surface area (Å²) in [5.74, 6) is 0. The fourth-order valence-corrected chi connectivity index (χ4v) is 4.39. The zero-order chi connectivity index (χ0) is 20.3. The molecule has 1 unspecified atom stereocenters. The second-order valence-corrected chi connectivity index (χ2v) is 8.99. The lowest BCUT2D eigenvalue weighted by Gasteiger charge is -2.33. The molecule has 1 rings (SSSR count). The molecule has 2 nitrogen and oxygen atoms in total. The average molecular weight is 393 g/mol. The van der Waals surface area contributed by atoms with Gasteiger partial charge in [-0.05, 0) is 25.7 Å². The van der Waals surface area contributed by atoms with Crippen molar-refractivity contribution in [2.75, 3.05) is 13.1 Å². The summed E-state index contributed by atoms with van der Waals surface area (Å²) in [4.78, 5) is 5.29. The van der Waals surface area contributed by atoms with Crippen molar-refractivity contribution in [2.24, 2.45) is 0 Å². The SMILES string of the molecule is CCCCCCCCCCC1N(CCCC)C=CN1CCCCCCCCC. The summed E-state index contributed by atoms with van der Waals surface area (Å²) in [5, 5.41) is 0. The lowest BCUT2D eigenvalue weighted by Crippen LogP contribution is -2.39. The third kappa shape index (κ3) is 12.0. The standard InChI is InChI=1S/C26H52N2/c1-4-7-10-12-14-15-17-19-21-26-27(22-9-6-3)24-25-28(26)23-20-18-16-13-11-8-5-2/h24-26H,4-23H2,1-3H3. The Balaban J connectivity index is 2.22. The molecule has 1 atom stereocenters. The highest BCUT2D eigenvalue weighted by Gasteiger charge is 2.24. The van der Waals surface area contributed by atoms with E-state index in [2.05, 4.69) is 43.0 Å². The first kappa shape index (κ1) is 25.4. The second-order valence-electron chi connectivity index (χ2n) is 8.99. The van der Waals surface area contributed by atoms with Gasteiger partial charge < -0.3 is 9.80 Å². The van der Waals surface area contributed by atoms with Crippen molar-refractivity contribution in [1.29, 1.82) is 0 Å². The Labute approximate surface area is 178 Å². The van der Waals surface area contributed by atoms with Gasteiger partial charge in [-0.25, -0.2) is 0 Å². The van der Waals surface area contributed by atoms with E-state index in [0.717, 1.165) is 0 Å². The zero-order valence-electron chi connectivity index (χ0n) is 19.8. The van der Waals surface area contributed by atoms with Crippen LogP contribution in [0.25, 0.3) is 0 Å². The molecule has 28 heavy (non-hydrogen) atoms. The van der Waals surface area contributed by atoms with Crippen molar-refractivity contribution < 1.29 is 0 Å². The molecule has 1 heterocycles. The maximum Gasteiger partial charge on any atom is 0.101 e. The van der Waals surface area contributed by atoms with E-state index in [1.165, 1.54) is 129 Å². The molecule has 2 heteroatoms. The molecule has 0 amide bonds. The molecule has 0 bridgehead atoms. The Morgan fingerprint density at radius 2 is 0.857 bits per heavy atom. The van der Waals surface area contributed by atoms with Crippen LogP contribution in [0.3, 0.4) is 0 Å². The van der Waals surface area contributed by atoms with Crippen LogP contribution in [-0.2, 0) is 0 Å². The average Bonchev–Trinajstić information content (AvgIpc) is 3.09. The van der Waals surface area contributed by atoms with Crippen LogP contribution in [0.4, 0.5) is 0 Å². The fraction of sp³-hybridized carbons (Fsp3) is 0.923. The maximum absolute atomic E-state index is 2.66. The normalized spacial score (nSPS) is 16.5. The lowest BCUT2D eigenvalue weighted by atomic mass is 10.1. The lowest BCUT2D eigenvalue weighted by molar-refractivity contribution is 0.136. The largest absolute Gasteiger partial charge is 0.356 e. The Kier molecular flexibility index (Phi) is 16.7. The van der Waals surface area contributed by atoms with Crippen molar-refractivity contribution in [3.05, 3.63) is 12.4 Å². The minimum absolute atomic E-state index is 0.645. The van der Waals surface area contributed by atoms with Gasteiger partial charge in [-0.2, -0.15) is 0 Å². The molecule has 0 saturated heterocycles. The van der Waals surface area contributed by atoms with E-state index in [-0.39, 0.29) is 0 Å². The van der Waals surface area contributed by atoms with Gasteiger partial charge in [-0.15, -0.1) is 0 Å². The van der Waals surface area contributed by atoms with Crippen molar-refractivity contribution in [3.63, 3.8) is 0 Å². The van der Waals surface area contributed by atoms with E-state index >= 15 is 0 Å². The van der Waals surface area contributed by atoms with E-state index in [9.17, 15) is 0 Å². The van der Waals surface area contributed by atoms with Gasteiger partial charge in [0, 0.05) is 25.5 Å². The van der Waals surface area contributed by atoms with Gasteiger partial charge >= 0.3 is 0 Å². The molecule has 1 aliphatic heterocycles. The summed E-state index contributed by atoms with van der Waals surface area (Å²) < 4.78 is 0. The minimum Gasteiger partial charge on any atom is -0.356 e. The molecular weight excluding hydrogens is 340 g/mol. The summed E-state index contributed by atoms with van der Waals surface area (Å²) in [6.07, 6.45) is 30.6. The third-order valence-corrected chi connectivity index (χ3v) is 6.32. The van der Waals surface area contributed by atoms with Crippen LogP contribution in [0.2, 0.25) is 0 Å². The van der Waals surface area contributed by atoms with Crippen molar-refractivity contribution in [3.8, 4) is 0 Å². The van der Waals surface area contributed by atoms with Crippen LogP contribution in [0.1, 0.15) is 136 Å². The summed E-state index contributed by atoms with van der Waals surface area (Å²) >= 11 is 0.